The maximum absolute atomic E-state index is 13.2. The van der Waals surface area contributed by atoms with Crippen molar-refractivity contribution in [2.24, 2.45) is 0 Å². The van der Waals surface area contributed by atoms with Gasteiger partial charge in [-0.3, -0.25) is 0 Å². The summed E-state index contributed by atoms with van der Waals surface area (Å²) in [4.78, 5) is 10.1. The van der Waals surface area contributed by atoms with Gasteiger partial charge in [0.1, 0.15) is 0 Å². The van der Waals surface area contributed by atoms with Gasteiger partial charge < -0.3 is 5.11 Å². The van der Waals surface area contributed by atoms with Crippen LogP contribution in [0.5, 0.6) is 0 Å². The molecule has 0 saturated heterocycles. The smallest absolute Gasteiger partial charge is 0.416 e. The van der Waals surface area contributed by atoms with Crippen LogP contribution in [0.4, 0.5) is 22.0 Å². The molecule has 1 aromatic carbocycles. The van der Waals surface area contributed by atoms with Crippen LogP contribution in [0, 0.1) is 0 Å². The van der Waals surface area contributed by atoms with Crippen molar-refractivity contribution in [3.05, 3.63) is 35.4 Å². The normalized spacial score (nSPS) is 15.4. The minimum Gasteiger partial charge on any atom is -0.479 e. The Kier molecular flexibility index (Phi) is 3.69. The van der Waals surface area contributed by atoms with Gasteiger partial charge in [0.05, 0.1) is 5.56 Å². The van der Waals surface area contributed by atoms with Crippen molar-refractivity contribution < 1.29 is 31.9 Å². The first kappa shape index (κ1) is 13.4. The molecule has 0 heterocycles. The fraction of sp³-hybridized carbons (Fsp3) is 0.300. The van der Waals surface area contributed by atoms with Gasteiger partial charge in [-0.05, 0) is 17.7 Å². The van der Waals surface area contributed by atoms with Crippen LogP contribution in [0.3, 0.4) is 0 Å². The second kappa shape index (κ2) is 4.68. The van der Waals surface area contributed by atoms with Gasteiger partial charge in [0.15, 0.2) is 6.17 Å². The summed E-state index contributed by atoms with van der Waals surface area (Å²) in [5.74, 6) is -2.00. The summed E-state index contributed by atoms with van der Waals surface area (Å²) < 4.78 is 62.3. The van der Waals surface area contributed by atoms with Crippen LogP contribution in [0.25, 0.3) is 0 Å². The molecule has 0 saturated carbocycles. The zero-order valence-electron chi connectivity index (χ0n) is 8.21. The quantitative estimate of drug-likeness (QED) is 0.841. The maximum Gasteiger partial charge on any atom is 0.416 e. The fourth-order valence-electron chi connectivity index (χ4n) is 1.15. The minimum atomic E-state index is -4.58. The van der Waals surface area contributed by atoms with Crippen molar-refractivity contribution >= 4 is 5.97 Å². The summed E-state index contributed by atoms with van der Waals surface area (Å²) in [6, 6.07) is 2.55. The van der Waals surface area contributed by atoms with Crippen LogP contribution in [0.2, 0.25) is 0 Å². The van der Waals surface area contributed by atoms with Crippen molar-refractivity contribution in [1.29, 1.82) is 0 Å². The number of hydrogen-bond donors (Lipinski definition) is 1. The van der Waals surface area contributed by atoms with Gasteiger partial charge in [-0.2, -0.15) is 13.2 Å². The lowest BCUT2D eigenvalue weighted by Crippen LogP contribution is -2.20. The third kappa shape index (κ3) is 3.15. The van der Waals surface area contributed by atoms with E-state index in [0.29, 0.717) is 24.3 Å². The molecule has 2 atom stereocenters. The highest BCUT2D eigenvalue weighted by atomic mass is 19.4. The number of benzene rings is 1. The second-order valence-electron chi connectivity index (χ2n) is 3.26. The topological polar surface area (TPSA) is 37.3 Å². The van der Waals surface area contributed by atoms with E-state index >= 15 is 0 Å². The number of carbonyl (C=O) groups is 1. The van der Waals surface area contributed by atoms with Crippen LogP contribution >= 0.6 is 0 Å². The highest BCUT2D eigenvalue weighted by Crippen LogP contribution is 2.31. The molecule has 7 heteroatoms. The molecule has 0 spiro atoms. The lowest BCUT2D eigenvalue weighted by Gasteiger charge is -2.11. The molecule has 0 aliphatic rings. The maximum atomic E-state index is 13.2. The molecule has 0 amide bonds. The number of aliphatic carboxylic acids is 1. The Labute approximate surface area is 92.7 Å². The van der Waals surface area contributed by atoms with Crippen molar-refractivity contribution in [2.45, 2.75) is 18.5 Å². The van der Waals surface area contributed by atoms with Crippen LogP contribution in [0.15, 0.2) is 24.3 Å². The summed E-state index contributed by atoms with van der Waals surface area (Å²) >= 11 is 0. The summed E-state index contributed by atoms with van der Waals surface area (Å²) in [6.07, 6.45) is -9.87. The number of alkyl halides is 5. The van der Waals surface area contributed by atoms with Gasteiger partial charge >= 0.3 is 12.1 Å². The van der Waals surface area contributed by atoms with Gasteiger partial charge in [0.25, 0.3) is 0 Å². The first-order chi connectivity index (χ1) is 7.73. The molecule has 0 bridgehead atoms. The first-order valence-electron chi connectivity index (χ1n) is 4.41. The molecular formula is C10H7F5O2. The molecule has 2 unspecified atom stereocenters. The molecule has 2 nitrogen and oxygen atoms in total. The SMILES string of the molecule is O=C(O)C(F)C(F)c1ccc(C(F)(F)F)cc1. The lowest BCUT2D eigenvalue weighted by molar-refractivity contribution is -0.145. The molecule has 0 fully saturated rings. The average Bonchev–Trinajstić information content (AvgIpc) is 2.26. The molecule has 0 radical (unpaired) electrons. The Morgan fingerprint density at radius 1 is 1.12 bits per heavy atom. The Balaban J connectivity index is 2.92. The monoisotopic (exact) mass is 254 g/mol. The minimum absolute atomic E-state index is 0.451. The average molecular weight is 254 g/mol. The van der Waals surface area contributed by atoms with Gasteiger partial charge in [-0.25, -0.2) is 13.6 Å². The van der Waals surface area contributed by atoms with E-state index in [0.717, 1.165) is 0 Å². The van der Waals surface area contributed by atoms with E-state index in [2.05, 4.69) is 0 Å². The first-order valence-corrected chi connectivity index (χ1v) is 4.41. The summed E-state index contributed by atoms with van der Waals surface area (Å²) in [5, 5.41) is 8.20. The van der Waals surface area contributed by atoms with Crippen LogP contribution in [0.1, 0.15) is 17.3 Å². The lowest BCUT2D eigenvalue weighted by atomic mass is 10.0. The highest BCUT2D eigenvalue weighted by Gasteiger charge is 2.32. The van der Waals surface area contributed by atoms with E-state index < -0.39 is 35.6 Å². The molecule has 94 valence electrons. The predicted molar refractivity (Wildman–Crippen MR) is 47.8 cm³/mol. The molecule has 1 N–H and O–H groups in total. The van der Waals surface area contributed by atoms with Gasteiger partial charge in [-0.1, -0.05) is 12.1 Å². The van der Waals surface area contributed by atoms with E-state index in [-0.39, 0.29) is 0 Å². The number of carboxylic acids is 1. The van der Waals surface area contributed by atoms with Crippen molar-refractivity contribution in [3.63, 3.8) is 0 Å². The van der Waals surface area contributed by atoms with E-state index in [4.69, 9.17) is 5.11 Å². The van der Waals surface area contributed by atoms with E-state index in [9.17, 15) is 26.7 Å². The van der Waals surface area contributed by atoms with Gasteiger partial charge in [0.2, 0.25) is 6.17 Å². The number of hydrogen-bond acceptors (Lipinski definition) is 1. The Morgan fingerprint density at radius 3 is 1.94 bits per heavy atom. The largest absolute Gasteiger partial charge is 0.479 e. The number of rotatable bonds is 3. The fourth-order valence-corrected chi connectivity index (χ4v) is 1.15. The van der Waals surface area contributed by atoms with Crippen molar-refractivity contribution in [2.75, 3.05) is 0 Å². The zero-order chi connectivity index (χ0) is 13.2. The Hall–Kier alpha value is -1.66. The zero-order valence-corrected chi connectivity index (χ0v) is 8.21. The molecule has 17 heavy (non-hydrogen) atoms. The molecule has 0 aliphatic carbocycles. The van der Waals surface area contributed by atoms with Crippen LogP contribution < -0.4 is 0 Å². The highest BCUT2D eigenvalue weighted by molar-refractivity contribution is 5.73. The molecule has 1 rings (SSSR count). The third-order valence-corrected chi connectivity index (χ3v) is 2.05. The van der Waals surface area contributed by atoms with Crippen LogP contribution in [-0.2, 0) is 11.0 Å². The standard InChI is InChI=1S/C10H7F5O2/c11-7(8(12)9(16)17)5-1-3-6(4-2-5)10(13,14)15/h1-4,7-8H,(H,16,17). The van der Waals surface area contributed by atoms with Gasteiger partial charge in [-0.15, -0.1) is 0 Å². The van der Waals surface area contributed by atoms with Crippen molar-refractivity contribution in [3.8, 4) is 0 Å². The Morgan fingerprint density at radius 2 is 1.59 bits per heavy atom. The number of halogens is 5. The predicted octanol–water partition coefficient (Wildman–Crippen LogP) is 3.14. The summed E-state index contributed by atoms with van der Waals surface area (Å²) in [6.45, 7) is 0. The third-order valence-electron chi connectivity index (χ3n) is 2.05. The van der Waals surface area contributed by atoms with E-state index in [1.165, 1.54) is 0 Å². The van der Waals surface area contributed by atoms with E-state index in [1.807, 2.05) is 0 Å². The molecule has 1 aromatic rings. The van der Waals surface area contributed by atoms with Gasteiger partial charge in [0, 0.05) is 0 Å². The van der Waals surface area contributed by atoms with E-state index in [1.54, 1.807) is 0 Å². The van der Waals surface area contributed by atoms with Crippen LogP contribution in [-0.4, -0.2) is 17.2 Å². The summed E-state index contributed by atoms with van der Waals surface area (Å²) in [5.41, 5.74) is -1.47. The number of carboxylic acid groups (broad SMARTS) is 1. The molecule has 0 aromatic heterocycles. The molecule has 0 aliphatic heterocycles. The summed E-state index contributed by atoms with van der Waals surface area (Å²) in [7, 11) is 0. The Bertz CT molecular complexity index is 398. The molecular weight excluding hydrogens is 247 g/mol. The second-order valence-corrected chi connectivity index (χ2v) is 3.26. The van der Waals surface area contributed by atoms with Crippen molar-refractivity contribution in [1.82, 2.24) is 0 Å².